The highest BCUT2D eigenvalue weighted by molar-refractivity contribution is 6.00. The van der Waals surface area contributed by atoms with Crippen LogP contribution in [0.4, 0.5) is 0 Å². The molecule has 1 aromatic rings. The first-order valence-electron chi connectivity index (χ1n) is 7.17. The standard InChI is InChI=1S/C16H23NO3/c1-19-12-7-8-14(15(9-12)20-2)16(18)13-6-4-3-5-11(13)10-17/h7-9,11,13H,3-6,10,17H2,1-2H3. The first-order valence-corrected chi connectivity index (χ1v) is 7.17. The number of nitrogens with two attached hydrogens (primary N) is 1. The van der Waals surface area contributed by atoms with Crippen LogP contribution >= 0.6 is 0 Å². The van der Waals surface area contributed by atoms with Crippen LogP contribution in [-0.2, 0) is 0 Å². The summed E-state index contributed by atoms with van der Waals surface area (Å²) in [5, 5.41) is 0. The minimum atomic E-state index is 0.0241. The van der Waals surface area contributed by atoms with Crippen LogP contribution in [0.5, 0.6) is 11.5 Å². The number of Topliss-reactive ketones (excluding diaryl/α,β-unsaturated/α-hetero) is 1. The van der Waals surface area contributed by atoms with Crippen molar-refractivity contribution in [2.45, 2.75) is 25.7 Å². The van der Waals surface area contributed by atoms with Crippen molar-refractivity contribution in [1.82, 2.24) is 0 Å². The van der Waals surface area contributed by atoms with Gasteiger partial charge in [0.1, 0.15) is 11.5 Å². The molecule has 0 spiro atoms. The van der Waals surface area contributed by atoms with Crippen LogP contribution in [0.25, 0.3) is 0 Å². The molecule has 0 heterocycles. The molecule has 20 heavy (non-hydrogen) atoms. The second kappa shape index (κ2) is 6.75. The van der Waals surface area contributed by atoms with Crippen LogP contribution in [0.3, 0.4) is 0 Å². The summed E-state index contributed by atoms with van der Waals surface area (Å²) in [5.74, 6) is 1.74. The van der Waals surface area contributed by atoms with Crippen LogP contribution in [0.1, 0.15) is 36.0 Å². The molecule has 2 rings (SSSR count). The van der Waals surface area contributed by atoms with E-state index < -0.39 is 0 Å². The molecule has 0 amide bonds. The zero-order valence-corrected chi connectivity index (χ0v) is 12.2. The lowest BCUT2D eigenvalue weighted by Gasteiger charge is -2.29. The van der Waals surface area contributed by atoms with Crippen molar-refractivity contribution >= 4 is 5.78 Å². The fourth-order valence-corrected chi connectivity index (χ4v) is 3.04. The Hall–Kier alpha value is -1.55. The van der Waals surface area contributed by atoms with E-state index in [0.717, 1.165) is 19.3 Å². The number of carbonyl (C=O) groups is 1. The average molecular weight is 277 g/mol. The van der Waals surface area contributed by atoms with Crippen molar-refractivity contribution in [3.63, 3.8) is 0 Å². The summed E-state index contributed by atoms with van der Waals surface area (Å²) in [6, 6.07) is 5.35. The molecule has 1 aliphatic carbocycles. The second-order valence-electron chi connectivity index (χ2n) is 5.32. The molecule has 0 bridgehead atoms. The lowest BCUT2D eigenvalue weighted by atomic mass is 9.75. The Kier molecular flexibility index (Phi) is 5.01. The normalized spacial score (nSPS) is 22.4. The Morgan fingerprint density at radius 1 is 1.25 bits per heavy atom. The zero-order valence-electron chi connectivity index (χ0n) is 12.2. The van der Waals surface area contributed by atoms with Gasteiger partial charge in [0.25, 0.3) is 0 Å². The number of ketones is 1. The highest BCUT2D eigenvalue weighted by Gasteiger charge is 2.31. The maximum absolute atomic E-state index is 12.8. The summed E-state index contributed by atoms with van der Waals surface area (Å²) >= 11 is 0. The van der Waals surface area contributed by atoms with Gasteiger partial charge in [-0.15, -0.1) is 0 Å². The van der Waals surface area contributed by atoms with Gasteiger partial charge in [-0.05, 0) is 37.4 Å². The number of ether oxygens (including phenoxy) is 2. The molecular formula is C16H23NO3. The third-order valence-electron chi connectivity index (χ3n) is 4.22. The molecular weight excluding hydrogens is 254 g/mol. The summed E-state index contributed by atoms with van der Waals surface area (Å²) in [5.41, 5.74) is 6.46. The summed E-state index contributed by atoms with van der Waals surface area (Å²) in [7, 11) is 3.18. The van der Waals surface area contributed by atoms with E-state index in [-0.39, 0.29) is 11.7 Å². The van der Waals surface area contributed by atoms with Gasteiger partial charge < -0.3 is 15.2 Å². The highest BCUT2D eigenvalue weighted by Crippen LogP contribution is 2.35. The highest BCUT2D eigenvalue weighted by atomic mass is 16.5. The lowest BCUT2D eigenvalue weighted by molar-refractivity contribution is 0.0826. The van der Waals surface area contributed by atoms with E-state index >= 15 is 0 Å². The van der Waals surface area contributed by atoms with E-state index in [4.69, 9.17) is 15.2 Å². The molecule has 2 atom stereocenters. The zero-order chi connectivity index (χ0) is 14.5. The number of carbonyl (C=O) groups excluding carboxylic acids is 1. The van der Waals surface area contributed by atoms with Gasteiger partial charge in [-0.25, -0.2) is 0 Å². The Morgan fingerprint density at radius 3 is 2.65 bits per heavy atom. The van der Waals surface area contributed by atoms with Crippen LogP contribution in [-0.4, -0.2) is 26.5 Å². The van der Waals surface area contributed by atoms with Gasteiger partial charge in [0.05, 0.1) is 19.8 Å². The summed E-state index contributed by atoms with van der Waals surface area (Å²) in [6.07, 6.45) is 4.25. The van der Waals surface area contributed by atoms with Crippen molar-refractivity contribution in [2.75, 3.05) is 20.8 Å². The summed E-state index contributed by atoms with van der Waals surface area (Å²) in [6.45, 7) is 0.578. The first kappa shape index (κ1) is 14.9. The summed E-state index contributed by atoms with van der Waals surface area (Å²) < 4.78 is 10.5. The van der Waals surface area contributed by atoms with Gasteiger partial charge >= 0.3 is 0 Å². The number of hydrogen-bond donors (Lipinski definition) is 1. The minimum absolute atomic E-state index is 0.0241. The number of rotatable bonds is 5. The topological polar surface area (TPSA) is 61.5 Å². The van der Waals surface area contributed by atoms with Gasteiger partial charge in [-0.1, -0.05) is 12.8 Å². The molecule has 2 N–H and O–H groups in total. The molecule has 4 heteroatoms. The van der Waals surface area contributed by atoms with Crippen molar-refractivity contribution in [1.29, 1.82) is 0 Å². The largest absolute Gasteiger partial charge is 0.497 e. The van der Waals surface area contributed by atoms with E-state index in [1.165, 1.54) is 6.42 Å². The molecule has 110 valence electrons. The molecule has 4 nitrogen and oxygen atoms in total. The Morgan fingerprint density at radius 2 is 2.00 bits per heavy atom. The van der Waals surface area contributed by atoms with Gasteiger partial charge in [0, 0.05) is 12.0 Å². The smallest absolute Gasteiger partial charge is 0.169 e. The molecule has 0 aromatic heterocycles. The second-order valence-corrected chi connectivity index (χ2v) is 5.32. The monoisotopic (exact) mass is 277 g/mol. The molecule has 0 aliphatic heterocycles. The van der Waals surface area contributed by atoms with Crippen molar-refractivity contribution in [2.24, 2.45) is 17.6 Å². The first-order chi connectivity index (χ1) is 9.71. The molecule has 1 fully saturated rings. The lowest BCUT2D eigenvalue weighted by Crippen LogP contribution is -2.32. The maximum Gasteiger partial charge on any atom is 0.169 e. The van der Waals surface area contributed by atoms with Gasteiger partial charge in [-0.3, -0.25) is 4.79 Å². The van der Waals surface area contributed by atoms with Crippen molar-refractivity contribution in [3.8, 4) is 11.5 Å². The predicted molar refractivity (Wildman–Crippen MR) is 78.4 cm³/mol. The fourth-order valence-electron chi connectivity index (χ4n) is 3.04. The summed E-state index contributed by atoms with van der Waals surface area (Å²) in [4.78, 5) is 12.8. The van der Waals surface area contributed by atoms with Crippen molar-refractivity contribution < 1.29 is 14.3 Å². The van der Waals surface area contributed by atoms with Gasteiger partial charge in [0.2, 0.25) is 0 Å². The number of methoxy groups -OCH3 is 2. The Balaban J connectivity index is 2.27. The van der Waals surface area contributed by atoms with Crippen molar-refractivity contribution in [3.05, 3.63) is 23.8 Å². The SMILES string of the molecule is COc1ccc(C(=O)C2CCCCC2CN)c(OC)c1. The average Bonchev–Trinajstić information content (AvgIpc) is 2.53. The molecule has 1 aliphatic rings. The van der Waals surface area contributed by atoms with Crippen LogP contribution in [0.15, 0.2) is 18.2 Å². The van der Waals surface area contributed by atoms with E-state index in [2.05, 4.69) is 0 Å². The van der Waals surface area contributed by atoms with Crippen LogP contribution < -0.4 is 15.2 Å². The quantitative estimate of drug-likeness (QED) is 0.840. The third-order valence-corrected chi connectivity index (χ3v) is 4.22. The van der Waals surface area contributed by atoms with Crippen LogP contribution in [0.2, 0.25) is 0 Å². The van der Waals surface area contributed by atoms with E-state index in [1.807, 2.05) is 0 Å². The molecule has 2 unspecified atom stereocenters. The van der Waals surface area contributed by atoms with E-state index in [9.17, 15) is 4.79 Å². The van der Waals surface area contributed by atoms with Crippen LogP contribution in [0, 0.1) is 11.8 Å². The predicted octanol–water partition coefficient (Wildman–Crippen LogP) is 2.65. The molecule has 1 saturated carbocycles. The molecule has 0 saturated heterocycles. The molecule has 1 aromatic carbocycles. The van der Waals surface area contributed by atoms with E-state index in [1.54, 1.807) is 32.4 Å². The fraction of sp³-hybridized carbons (Fsp3) is 0.562. The third kappa shape index (κ3) is 2.96. The Labute approximate surface area is 120 Å². The van der Waals surface area contributed by atoms with Gasteiger partial charge in [-0.2, -0.15) is 0 Å². The number of hydrogen-bond acceptors (Lipinski definition) is 4. The van der Waals surface area contributed by atoms with Gasteiger partial charge in [0.15, 0.2) is 5.78 Å². The maximum atomic E-state index is 12.8. The number of benzene rings is 1. The minimum Gasteiger partial charge on any atom is -0.497 e. The Bertz CT molecular complexity index is 473. The molecule has 0 radical (unpaired) electrons. The van der Waals surface area contributed by atoms with E-state index in [0.29, 0.717) is 29.5 Å².